The van der Waals surface area contributed by atoms with Crippen molar-refractivity contribution in [3.63, 3.8) is 0 Å². The lowest BCUT2D eigenvalue weighted by Gasteiger charge is -2.23. The number of carbonyl (C=O) groups excluding carboxylic acids is 1. The number of methoxy groups -OCH3 is 1. The fourth-order valence-corrected chi connectivity index (χ4v) is 5.22. The number of ether oxygens (including phenoxy) is 5. The molecule has 1 aliphatic rings. The van der Waals surface area contributed by atoms with E-state index in [4.69, 9.17) is 28.9 Å². The van der Waals surface area contributed by atoms with Crippen LogP contribution in [-0.4, -0.2) is 44.1 Å². The Balaban J connectivity index is 1.85. The van der Waals surface area contributed by atoms with Crippen LogP contribution in [0.4, 0.5) is 0 Å². The second-order valence-corrected chi connectivity index (χ2v) is 9.34. The zero-order chi connectivity index (χ0) is 28.6. The third kappa shape index (κ3) is 5.87. The van der Waals surface area contributed by atoms with Crippen LogP contribution in [0.2, 0.25) is 0 Å². The molecule has 0 spiro atoms. The average molecular weight is 564 g/mol. The molecular weight excluding hydrogens is 534 g/mol. The number of fused-ring (bicyclic) bond motifs is 1. The van der Waals surface area contributed by atoms with Crippen LogP contribution in [-0.2, 0) is 9.53 Å². The normalized spacial score (nSPS) is 14.3. The van der Waals surface area contributed by atoms with Crippen LogP contribution >= 0.6 is 11.3 Å². The van der Waals surface area contributed by atoms with Gasteiger partial charge in [-0.3, -0.25) is 9.36 Å². The van der Waals surface area contributed by atoms with Crippen LogP contribution in [0.3, 0.4) is 0 Å². The van der Waals surface area contributed by atoms with Gasteiger partial charge in [-0.2, -0.15) is 5.26 Å². The van der Waals surface area contributed by atoms with Crippen molar-refractivity contribution in [2.24, 2.45) is 4.99 Å². The molecule has 0 saturated heterocycles. The van der Waals surface area contributed by atoms with Crippen LogP contribution in [0, 0.1) is 11.3 Å². The molecule has 0 N–H and O–H groups in total. The molecule has 11 heteroatoms. The Morgan fingerprint density at radius 1 is 1.00 bits per heavy atom. The Labute approximate surface area is 235 Å². The summed E-state index contributed by atoms with van der Waals surface area (Å²) in [7, 11) is 1.29. The summed E-state index contributed by atoms with van der Waals surface area (Å²) in [6, 6.07) is 11.7. The minimum absolute atomic E-state index is 0.114. The smallest absolute Gasteiger partial charge is 0.337 e. The van der Waals surface area contributed by atoms with Crippen molar-refractivity contribution in [3.8, 4) is 29.1 Å². The number of esters is 1. The first-order valence-electron chi connectivity index (χ1n) is 12.7. The highest BCUT2D eigenvalue weighted by Gasteiger charge is 2.31. The van der Waals surface area contributed by atoms with Crippen molar-refractivity contribution in [3.05, 3.63) is 79.0 Å². The summed E-state index contributed by atoms with van der Waals surface area (Å²) in [6.45, 7) is 6.74. The summed E-state index contributed by atoms with van der Waals surface area (Å²) in [6.07, 6.45) is 3.17. The summed E-state index contributed by atoms with van der Waals surface area (Å²) in [5.41, 5.74) is 1.23. The lowest BCUT2D eigenvalue weighted by atomic mass is 9.97. The Morgan fingerprint density at radius 2 is 1.65 bits per heavy atom. The van der Waals surface area contributed by atoms with Crippen molar-refractivity contribution in [1.82, 2.24) is 4.57 Å². The monoisotopic (exact) mass is 563 g/mol. The van der Waals surface area contributed by atoms with E-state index in [1.54, 1.807) is 42.5 Å². The van der Waals surface area contributed by atoms with Gasteiger partial charge in [0.25, 0.3) is 5.56 Å². The molecule has 0 unspecified atom stereocenters. The standard InChI is InChI=1S/C29H29N3O7S/c1-5-36-21-11-9-19(16-24(21)38-7-3)26-20(28(34)35-4)17-31-29-32(26)27(33)25(40-29)15-18-8-10-22(39-13-12-30)23(14-18)37-6-2/h8-11,14-17,26H,5-7,13H2,1-4H3/b25-15-/t26-/m0/s1. The molecule has 0 radical (unpaired) electrons. The molecular formula is C29H29N3O7S. The minimum Gasteiger partial charge on any atom is -0.490 e. The summed E-state index contributed by atoms with van der Waals surface area (Å²) < 4.78 is 29.5. The third-order valence-electron chi connectivity index (χ3n) is 5.87. The average Bonchev–Trinajstić information content (AvgIpc) is 3.27. The number of rotatable bonds is 11. The van der Waals surface area contributed by atoms with Gasteiger partial charge < -0.3 is 23.7 Å². The van der Waals surface area contributed by atoms with Gasteiger partial charge in [0, 0.05) is 6.20 Å². The number of benzene rings is 2. The number of aromatic nitrogens is 1. The maximum atomic E-state index is 13.8. The molecule has 0 amide bonds. The molecule has 0 aliphatic carbocycles. The van der Waals surface area contributed by atoms with E-state index in [0.717, 1.165) is 0 Å². The van der Waals surface area contributed by atoms with E-state index in [1.807, 2.05) is 26.8 Å². The van der Waals surface area contributed by atoms with Gasteiger partial charge in [0.05, 0.1) is 43.1 Å². The zero-order valence-electron chi connectivity index (χ0n) is 22.6. The van der Waals surface area contributed by atoms with E-state index >= 15 is 0 Å². The van der Waals surface area contributed by atoms with Crippen molar-refractivity contribution < 1.29 is 28.5 Å². The van der Waals surface area contributed by atoms with E-state index < -0.39 is 12.0 Å². The first-order valence-corrected chi connectivity index (χ1v) is 13.5. The molecule has 4 rings (SSSR count). The fraction of sp³-hybridized carbons (Fsp3) is 0.310. The maximum absolute atomic E-state index is 13.8. The van der Waals surface area contributed by atoms with Gasteiger partial charge in [-0.15, -0.1) is 0 Å². The predicted octanol–water partition coefficient (Wildman–Crippen LogP) is 3.12. The van der Waals surface area contributed by atoms with Crippen LogP contribution in [0.25, 0.3) is 6.08 Å². The zero-order valence-corrected chi connectivity index (χ0v) is 23.4. The SMILES string of the molecule is CCOc1ccc([C@H]2C(C(=O)OC)=CN=c3s/c(=C\c4ccc(OCC#N)c(OCC)c4)c(=O)n32)cc1OCC. The molecule has 0 bridgehead atoms. The number of carbonyl (C=O) groups is 1. The van der Waals surface area contributed by atoms with Crippen LogP contribution in [0.15, 0.2) is 58.0 Å². The molecule has 1 aliphatic heterocycles. The molecule has 3 aromatic rings. The van der Waals surface area contributed by atoms with Gasteiger partial charge in [0.1, 0.15) is 6.07 Å². The van der Waals surface area contributed by atoms with Crippen LogP contribution in [0.1, 0.15) is 37.9 Å². The number of hydrogen-bond acceptors (Lipinski definition) is 10. The van der Waals surface area contributed by atoms with Crippen molar-refractivity contribution in [2.75, 3.05) is 33.5 Å². The highest BCUT2D eigenvalue weighted by molar-refractivity contribution is 7.07. The molecule has 40 heavy (non-hydrogen) atoms. The van der Waals surface area contributed by atoms with Crippen molar-refractivity contribution in [2.45, 2.75) is 26.8 Å². The van der Waals surface area contributed by atoms with Gasteiger partial charge in [-0.25, -0.2) is 9.79 Å². The van der Waals surface area contributed by atoms with Gasteiger partial charge in [-0.05, 0) is 62.2 Å². The molecule has 208 valence electrons. The van der Waals surface area contributed by atoms with Gasteiger partial charge in [0.15, 0.2) is 34.4 Å². The lowest BCUT2D eigenvalue weighted by molar-refractivity contribution is -0.136. The Bertz CT molecular complexity index is 1650. The quantitative estimate of drug-likeness (QED) is 0.326. The summed E-state index contributed by atoms with van der Waals surface area (Å²) in [5.74, 6) is 1.38. The first kappa shape index (κ1) is 28.4. The third-order valence-corrected chi connectivity index (χ3v) is 6.86. The highest BCUT2D eigenvalue weighted by Crippen LogP contribution is 2.35. The van der Waals surface area contributed by atoms with E-state index in [-0.39, 0.29) is 17.7 Å². The van der Waals surface area contributed by atoms with E-state index in [2.05, 4.69) is 4.99 Å². The second-order valence-electron chi connectivity index (χ2n) is 8.33. The van der Waals surface area contributed by atoms with Crippen LogP contribution < -0.4 is 33.8 Å². The van der Waals surface area contributed by atoms with E-state index in [0.29, 0.717) is 63.3 Å². The predicted molar refractivity (Wildman–Crippen MR) is 149 cm³/mol. The van der Waals surface area contributed by atoms with Gasteiger partial charge in [0.2, 0.25) is 0 Å². The summed E-state index contributed by atoms with van der Waals surface area (Å²) in [4.78, 5) is 31.4. The summed E-state index contributed by atoms with van der Waals surface area (Å²) in [5, 5.41) is 8.85. The largest absolute Gasteiger partial charge is 0.490 e. The van der Waals surface area contributed by atoms with E-state index in [1.165, 1.54) is 29.2 Å². The van der Waals surface area contributed by atoms with Crippen molar-refractivity contribution >= 4 is 23.4 Å². The molecule has 10 nitrogen and oxygen atoms in total. The maximum Gasteiger partial charge on any atom is 0.337 e. The van der Waals surface area contributed by atoms with Gasteiger partial charge >= 0.3 is 5.97 Å². The van der Waals surface area contributed by atoms with E-state index in [9.17, 15) is 9.59 Å². The fourth-order valence-electron chi connectivity index (χ4n) is 4.25. The molecule has 1 aromatic heterocycles. The Morgan fingerprint density at radius 3 is 2.33 bits per heavy atom. The molecule has 2 aromatic carbocycles. The Kier molecular flexibility index (Phi) is 9.24. The molecule has 2 heterocycles. The minimum atomic E-state index is -0.790. The lowest BCUT2D eigenvalue weighted by Crippen LogP contribution is -2.39. The number of nitrogens with zero attached hydrogens (tertiary/aromatic N) is 3. The summed E-state index contributed by atoms with van der Waals surface area (Å²) >= 11 is 1.20. The first-order chi connectivity index (χ1) is 19.4. The molecule has 0 fully saturated rings. The second kappa shape index (κ2) is 13.0. The highest BCUT2D eigenvalue weighted by atomic mass is 32.1. The number of nitriles is 1. The topological polar surface area (TPSA) is 121 Å². The van der Waals surface area contributed by atoms with Gasteiger partial charge in [-0.1, -0.05) is 23.5 Å². The Hall–Kier alpha value is -4.56. The molecule has 1 atom stereocenters. The molecule has 0 saturated carbocycles. The van der Waals surface area contributed by atoms with Crippen molar-refractivity contribution in [1.29, 1.82) is 5.26 Å². The number of hydrogen-bond donors (Lipinski definition) is 0. The van der Waals surface area contributed by atoms with Crippen LogP contribution in [0.5, 0.6) is 23.0 Å². The number of thiazole rings is 1.